The second-order valence-electron chi connectivity index (χ2n) is 7.37. The molecule has 0 heterocycles. The van der Waals surface area contributed by atoms with E-state index in [1.54, 1.807) is 0 Å². The van der Waals surface area contributed by atoms with Crippen LogP contribution in [0.5, 0.6) is 5.75 Å². The Morgan fingerprint density at radius 3 is 2.65 bits per heavy atom. The van der Waals surface area contributed by atoms with E-state index in [9.17, 15) is 9.59 Å². The largest absolute Gasteiger partial charge is 0.426 e. The van der Waals surface area contributed by atoms with E-state index in [0.717, 1.165) is 30.4 Å². The van der Waals surface area contributed by atoms with Gasteiger partial charge in [-0.05, 0) is 54.9 Å². The number of carbonyl (C=O) groups excluding carboxylic acids is 2. The molecule has 2 aliphatic carbocycles. The van der Waals surface area contributed by atoms with Gasteiger partial charge in [-0.2, -0.15) is 0 Å². The minimum absolute atomic E-state index is 0.278. The van der Waals surface area contributed by atoms with Crippen molar-refractivity contribution in [3.8, 4) is 5.75 Å². The summed E-state index contributed by atoms with van der Waals surface area (Å²) < 4.78 is 5.32. The standard InChI is InChI=1S/C20H24O3/c1-12-9-14-5-7-17-15(6-8-19(22)20(17,3)4)10-16(14)11-18(12)23-13(2)21/h9-11,17H,5-8H2,1-4H3/t17-/m0/s1. The molecule has 1 fully saturated rings. The molecular formula is C20H24O3. The summed E-state index contributed by atoms with van der Waals surface area (Å²) in [5.41, 5.74) is 4.49. The topological polar surface area (TPSA) is 43.4 Å². The Bertz CT molecular complexity index is 710. The molecule has 1 atom stereocenters. The number of benzene rings is 1. The maximum Gasteiger partial charge on any atom is 0.308 e. The van der Waals surface area contributed by atoms with Crippen LogP contribution in [-0.4, -0.2) is 11.8 Å². The van der Waals surface area contributed by atoms with Crippen LogP contribution in [0.15, 0.2) is 17.7 Å². The molecule has 122 valence electrons. The first-order chi connectivity index (χ1) is 10.8. The van der Waals surface area contributed by atoms with Crippen LogP contribution in [0.1, 0.15) is 56.7 Å². The third-order valence-corrected chi connectivity index (χ3v) is 5.41. The number of fused-ring (bicyclic) bond motifs is 2. The van der Waals surface area contributed by atoms with E-state index in [2.05, 4.69) is 26.0 Å². The lowest BCUT2D eigenvalue weighted by Crippen LogP contribution is -2.38. The molecule has 3 rings (SSSR count). The maximum atomic E-state index is 12.3. The molecule has 0 N–H and O–H groups in total. The van der Waals surface area contributed by atoms with Gasteiger partial charge < -0.3 is 4.74 Å². The van der Waals surface area contributed by atoms with Gasteiger partial charge in [0.05, 0.1) is 0 Å². The van der Waals surface area contributed by atoms with Gasteiger partial charge in [0.1, 0.15) is 11.5 Å². The first kappa shape index (κ1) is 16.0. The van der Waals surface area contributed by atoms with Gasteiger partial charge in [0.25, 0.3) is 0 Å². The van der Waals surface area contributed by atoms with Crippen molar-refractivity contribution in [1.29, 1.82) is 0 Å². The minimum Gasteiger partial charge on any atom is -0.426 e. The number of rotatable bonds is 1. The predicted octanol–water partition coefficient (Wildman–Crippen LogP) is 4.26. The van der Waals surface area contributed by atoms with Crippen molar-refractivity contribution < 1.29 is 14.3 Å². The number of hydrogen-bond acceptors (Lipinski definition) is 3. The Balaban J connectivity index is 2.03. The Morgan fingerprint density at radius 1 is 1.22 bits per heavy atom. The van der Waals surface area contributed by atoms with Gasteiger partial charge in [-0.15, -0.1) is 0 Å². The molecule has 0 aliphatic heterocycles. The normalized spacial score (nSPS) is 22.5. The van der Waals surface area contributed by atoms with E-state index in [0.29, 0.717) is 23.9 Å². The van der Waals surface area contributed by atoms with Gasteiger partial charge in [-0.25, -0.2) is 0 Å². The maximum absolute atomic E-state index is 12.3. The van der Waals surface area contributed by atoms with Crippen LogP contribution in [0.25, 0.3) is 6.08 Å². The average Bonchev–Trinajstić information content (AvgIpc) is 2.63. The highest BCUT2D eigenvalue weighted by molar-refractivity contribution is 5.87. The number of carbonyl (C=O) groups is 2. The van der Waals surface area contributed by atoms with Crippen LogP contribution in [0, 0.1) is 18.3 Å². The van der Waals surface area contributed by atoms with Gasteiger partial charge >= 0.3 is 5.97 Å². The SMILES string of the molecule is CC(=O)Oc1cc2c(cc1C)CC[C@H]1C(=C2)CCC(=O)C1(C)C. The molecule has 1 aromatic rings. The van der Waals surface area contributed by atoms with E-state index in [1.807, 2.05) is 13.0 Å². The molecule has 0 amide bonds. The van der Waals surface area contributed by atoms with Crippen LogP contribution in [0.3, 0.4) is 0 Å². The molecule has 23 heavy (non-hydrogen) atoms. The Morgan fingerprint density at radius 2 is 1.96 bits per heavy atom. The highest BCUT2D eigenvalue weighted by Crippen LogP contribution is 2.46. The first-order valence-corrected chi connectivity index (χ1v) is 8.34. The fourth-order valence-electron chi connectivity index (χ4n) is 4.01. The number of esters is 1. The summed E-state index contributed by atoms with van der Waals surface area (Å²) in [5.74, 6) is 1.03. The predicted molar refractivity (Wildman–Crippen MR) is 90.3 cm³/mol. The van der Waals surface area contributed by atoms with Crippen molar-refractivity contribution in [1.82, 2.24) is 0 Å². The van der Waals surface area contributed by atoms with Crippen molar-refractivity contribution in [2.24, 2.45) is 11.3 Å². The molecule has 0 bridgehead atoms. The lowest BCUT2D eigenvalue weighted by atomic mass is 9.64. The lowest BCUT2D eigenvalue weighted by Gasteiger charge is -2.38. The molecule has 0 spiro atoms. The van der Waals surface area contributed by atoms with E-state index < -0.39 is 0 Å². The molecule has 3 heteroatoms. The molecule has 1 saturated carbocycles. The van der Waals surface area contributed by atoms with Crippen LogP contribution in [-0.2, 0) is 16.0 Å². The second-order valence-corrected chi connectivity index (χ2v) is 7.37. The zero-order valence-corrected chi connectivity index (χ0v) is 14.4. The highest BCUT2D eigenvalue weighted by Gasteiger charge is 2.42. The van der Waals surface area contributed by atoms with Crippen molar-refractivity contribution in [2.75, 3.05) is 0 Å². The molecule has 2 aliphatic rings. The van der Waals surface area contributed by atoms with Crippen LogP contribution >= 0.6 is 0 Å². The average molecular weight is 312 g/mol. The second kappa shape index (κ2) is 5.63. The molecule has 0 aromatic heterocycles. The number of allylic oxidation sites excluding steroid dienone is 1. The van der Waals surface area contributed by atoms with E-state index in [1.165, 1.54) is 18.1 Å². The Hall–Kier alpha value is -1.90. The summed E-state index contributed by atoms with van der Waals surface area (Å²) in [6.07, 6.45) is 5.67. The van der Waals surface area contributed by atoms with Crippen molar-refractivity contribution in [3.05, 3.63) is 34.4 Å². The smallest absolute Gasteiger partial charge is 0.308 e. The number of hydrogen-bond donors (Lipinski definition) is 0. The lowest BCUT2D eigenvalue weighted by molar-refractivity contribution is -0.132. The van der Waals surface area contributed by atoms with Crippen LogP contribution < -0.4 is 4.74 Å². The van der Waals surface area contributed by atoms with E-state index in [-0.39, 0.29) is 11.4 Å². The van der Waals surface area contributed by atoms with Gasteiger partial charge in [0.15, 0.2) is 0 Å². The van der Waals surface area contributed by atoms with Crippen molar-refractivity contribution in [3.63, 3.8) is 0 Å². The third-order valence-electron chi connectivity index (χ3n) is 5.41. The Kier molecular flexibility index (Phi) is 3.91. The summed E-state index contributed by atoms with van der Waals surface area (Å²) in [6.45, 7) is 7.56. The van der Waals surface area contributed by atoms with Crippen LogP contribution in [0.2, 0.25) is 0 Å². The van der Waals surface area contributed by atoms with Gasteiger partial charge in [-0.3, -0.25) is 9.59 Å². The quantitative estimate of drug-likeness (QED) is 0.575. The zero-order valence-electron chi connectivity index (χ0n) is 14.4. The van der Waals surface area contributed by atoms with Crippen molar-refractivity contribution in [2.45, 2.75) is 53.4 Å². The van der Waals surface area contributed by atoms with Crippen LogP contribution in [0.4, 0.5) is 0 Å². The Labute approximate surface area is 137 Å². The summed E-state index contributed by atoms with van der Waals surface area (Å²) in [5, 5.41) is 0. The number of ether oxygens (including phenoxy) is 1. The number of aryl methyl sites for hydroxylation is 2. The summed E-state index contributed by atoms with van der Waals surface area (Å²) in [6, 6.07) is 4.10. The molecule has 0 saturated heterocycles. The van der Waals surface area contributed by atoms with Crippen molar-refractivity contribution >= 4 is 17.8 Å². The van der Waals surface area contributed by atoms with Gasteiger partial charge in [-0.1, -0.05) is 31.6 Å². The number of ketones is 1. The fourth-order valence-corrected chi connectivity index (χ4v) is 4.01. The highest BCUT2D eigenvalue weighted by atomic mass is 16.5. The van der Waals surface area contributed by atoms with Gasteiger partial charge in [0.2, 0.25) is 0 Å². The monoisotopic (exact) mass is 312 g/mol. The third kappa shape index (κ3) is 2.85. The minimum atomic E-state index is -0.295. The summed E-state index contributed by atoms with van der Waals surface area (Å²) in [7, 11) is 0. The molecule has 3 nitrogen and oxygen atoms in total. The fraction of sp³-hybridized carbons (Fsp3) is 0.500. The molecule has 1 aromatic carbocycles. The summed E-state index contributed by atoms with van der Waals surface area (Å²) in [4.78, 5) is 23.6. The van der Waals surface area contributed by atoms with Gasteiger partial charge in [0, 0.05) is 18.8 Å². The summed E-state index contributed by atoms with van der Waals surface area (Å²) >= 11 is 0. The zero-order chi connectivity index (χ0) is 16.8. The van der Waals surface area contributed by atoms with E-state index in [4.69, 9.17) is 4.74 Å². The molecule has 0 unspecified atom stereocenters. The number of Topliss-reactive ketones (excluding diaryl/α,β-unsaturated/α-hetero) is 1. The van der Waals surface area contributed by atoms with E-state index >= 15 is 0 Å². The molecule has 0 radical (unpaired) electrons. The molecular weight excluding hydrogens is 288 g/mol. The first-order valence-electron chi connectivity index (χ1n) is 8.34.